The van der Waals surface area contributed by atoms with Crippen LogP contribution in [0.25, 0.3) is 11.0 Å². The number of aryl methyl sites for hydroxylation is 1. The molecule has 0 radical (unpaired) electrons. The number of para-hydroxylation sites is 1. The van der Waals surface area contributed by atoms with Crippen LogP contribution in [0.15, 0.2) is 52.9 Å². The first-order valence-electron chi connectivity index (χ1n) is 8.02. The van der Waals surface area contributed by atoms with Gasteiger partial charge in [-0.1, -0.05) is 36.4 Å². The van der Waals surface area contributed by atoms with E-state index in [1.54, 1.807) is 25.1 Å². The molecule has 0 fully saturated rings. The van der Waals surface area contributed by atoms with E-state index >= 15 is 0 Å². The monoisotopic (exact) mass is 338 g/mol. The van der Waals surface area contributed by atoms with Crippen LogP contribution in [0.3, 0.4) is 0 Å². The third kappa shape index (κ3) is 3.40. The van der Waals surface area contributed by atoms with Crippen molar-refractivity contribution in [2.45, 2.75) is 20.5 Å². The van der Waals surface area contributed by atoms with Crippen molar-refractivity contribution < 1.29 is 23.5 Å². The van der Waals surface area contributed by atoms with Crippen molar-refractivity contribution in [3.63, 3.8) is 0 Å². The second-order valence-corrected chi connectivity index (χ2v) is 5.52. The number of carbonyl (C=O) groups is 2. The Bertz CT molecular complexity index is 923. The van der Waals surface area contributed by atoms with Crippen LogP contribution in [0, 0.1) is 6.92 Å². The van der Waals surface area contributed by atoms with E-state index < -0.39 is 11.9 Å². The fourth-order valence-corrected chi connectivity index (χ4v) is 2.62. The molecule has 0 N–H and O–H groups in total. The van der Waals surface area contributed by atoms with Crippen LogP contribution in [0.2, 0.25) is 0 Å². The zero-order valence-electron chi connectivity index (χ0n) is 14.1. The summed E-state index contributed by atoms with van der Waals surface area (Å²) in [5, 5.41) is 0.725. The smallest absolute Gasteiger partial charge is 0.374 e. The summed E-state index contributed by atoms with van der Waals surface area (Å²) in [7, 11) is 0. The molecule has 1 aromatic heterocycles. The van der Waals surface area contributed by atoms with Crippen LogP contribution in [-0.2, 0) is 16.1 Å². The molecule has 0 aliphatic carbocycles. The van der Waals surface area contributed by atoms with E-state index in [4.69, 9.17) is 13.9 Å². The molecule has 0 atom stereocenters. The summed E-state index contributed by atoms with van der Waals surface area (Å²) >= 11 is 0. The SMILES string of the molecule is CCOC(=O)c1oc2ccccc2c1COC(=O)c1ccccc1C. The largest absolute Gasteiger partial charge is 0.460 e. The molecule has 0 saturated carbocycles. The average molecular weight is 338 g/mol. The number of ether oxygens (including phenoxy) is 2. The third-order valence-corrected chi connectivity index (χ3v) is 3.87. The summed E-state index contributed by atoms with van der Waals surface area (Å²) in [6.45, 7) is 3.73. The zero-order chi connectivity index (χ0) is 17.8. The molecular formula is C20H18O5. The summed E-state index contributed by atoms with van der Waals surface area (Å²) in [4.78, 5) is 24.5. The van der Waals surface area contributed by atoms with Gasteiger partial charge in [-0.2, -0.15) is 0 Å². The van der Waals surface area contributed by atoms with Crippen molar-refractivity contribution in [3.8, 4) is 0 Å². The highest BCUT2D eigenvalue weighted by atomic mass is 16.5. The molecule has 0 aliphatic rings. The summed E-state index contributed by atoms with van der Waals surface area (Å²) in [5.74, 6) is -0.945. The maximum absolute atomic E-state index is 12.3. The maximum Gasteiger partial charge on any atom is 0.374 e. The predicted octanol–water partition coefficient (Wildman–Crippen LogP) is 4.27. The van der Waals surface area contributed by atoms with E-state index in [-0.39, 0.29) is 19.0 Å². The van der Waals surface area contributed by atoms with E-state index in [1.165, 1.54) is 0 Å². The summed E-state index contributed by atoms with van der Waals surface area (Å²) in [6.07, 6.45) is 0. The van der Waals surface area contributed by atoms with E-state index in [0.717, 1.165) is 10.9 Å². The topological polar surface area (TPSA) is 65.7 Å². The second kappa shape index (κ2) is 7.21. The van der Waals surface area contributed by atoms with Gasteiger partial charge in [0.2, 0.25) is 5.76 Å². The highest BCUT2D eigenvalue weighted by molar-refractivity contribution is 5.96. The first-order valence-corrected chi connectivity index (χ1v) is 8.02. The van der Waals surface area contributed by atoms with Gasteiger partial charge in [-0.05, 0) is 31.5 Å². The number of carbonyl (C=O) groups excluding carboxylic acids is 2. The van der Waals surface area contributed by atoms with Crippen molar-refractivity contribution in [3.05, 3.63) is 71.0 Å². The lowest BCUT2D eigenvalue weighted by Gasteiger charge is -2.07. The molecule has 0 bridgehead atoms. The summed E-state index contributed by atoms with van der Waals surface area (Å²) in [5.41, 5.74) is 2.38. The fourth-order valence-electron chi connectivity index (χ4n) is 2.62. The Labute approximate surface area is 145 Å². The van der Waals surface area contributed by atoms with Gasteiger partial charge in [0.1, 0.15) is 12.2 Å². The number of rotatable bonds is 5. The van der Waals surface area contributed by atoms with Gasteiger partial charge < -0.3 is 13.9 Å². The Morgan fingerprint density at radius 1 is 0.960 bits per heavy atom. The van der Waals surface area contributed by atoms with E-state index in [2.05, 4.69) is 0 Å². The molecule has 5 heteroatoms. The number of hydrogen-bond donors (Lipinski definition) is 0. The first-order chi connectivity index (χ1) is 12.1. The van der Waals surface area contributed by atoms with Gasteiger partial charge in [-0.15, -0.1) is 0 Å². The van der Waals surface area contributed by atoms with Crippen molar-refractivity contribution in [1.29, 1.82) is 0 Å². The van der Waals surface area contributed by atoms with E-state index in [0.29, 0.717) is 16.7 Å². The van der Waals surface area contributed by atoms with Gasteiger partial charge in [-0.3, -0.25) is 0 Å². The van der Waals surface area contributed by atoms with Gasteiger partial charge in [-0.25, -0.2) is 9.59 Å². The predicted molar refractivity (Wildman–Crippen MR) is 92.5 cm³/mol. The third-order valence-electron chi connectivity index (χ3n) is 3.87. The van der Waals surface area contributed by atoms with E-state index in [1.807, 2.05) is 37.3 Å². The number of fused-ring (bicyclic) bond motifs is 1. The molecule has 2 aromatic carbocycles. The normalized spacial score (nSPS) is 10.6. The number of furan rings is 1. The van der Waals surface area contributed by atoms with Crippen molar-refractivity contribution >= 4 is 22.9 Å². The molecule has 0 aliphatic heterocycles. The zero-order valence-corrected chi connectivity index (χ0v) is 14.1. The Balaban J connectivity index is 1.90. The first kappa shape index (κ1) is 16.8. The number of benzene rings is 2. The standard InChI is InChI=1S/C20H18O5/c1-3-23-20(22)18-16(15-10-6-7-11-17(15)25-18)12-24-19(21)14-9-5-4-8-13(14)2/h4-11H,3,12H2,1-2H3. The molecule has 0 unspecified atom stereocenters. The lowest BCUT2D eigenvalue weighted by molar-refractivity contribution is 0.0435. The van der Waals surface area contributed by atoms with Crippen molar-refractivity contribution in [2.75, 3.05) is 6.61 Å². The minimum Gasteiger partial charge on any atom is -0.460 e. The van der Waals surface area contributed by atoms with Crippen LogP contribution < -0.4 is 0 Å². The highest BCUT2D eigenvalue weighted by Gasteiger charge is 2.23. The minimum absolute atomic E-state index is 0.0700. The Morgan fingerprint density at radius 3 is 2.44 bits per heavy atom. The lowest BCUT2D eigenvalue weighted by Crippen LogP contribution is -2.10. The molecule has 0 amide bonds. The Kier molecular flexibility index (Phi) is 4.84. The maximum atomic E-state index is 12.3. The second-order valence-electron chi connectivity index (χ2n) is 5.52. The van der Waals surface area contributed by atoms with Gasteiger partial charge in [0, 0.05) is 5.39 Å². The number of hydrogen-bond acceptors (Lipinski definition) is 5. The van der Waals surface area contributed by atoms with Gasteiger partial charge in [0.25, 0.3) is 0 Å². The van der Waals surface area contributed by atoms with Crippen LogP contribution in [-0.4, -0.2) is 18.5 Å². The Morgan fingerprint density at radius 2 is 1.68 bits per heavy atom. The molecule has 0 saturated heterocycles. The number of esters is 2. The van der Waals surface area contributed by atoms with Crippen LogP contribution >= 0.6 is 0 Å². The molecule has 3 rings (SSSR count). The van der Waals surface area contributed by atoms with Crippen LogP contribution in [0.4, 0.5) is 0 Å². The van der Waals surface area contributed by atoms with Gasteiger partial charge in [0.15, 0.2) is 0 Å². The van der Waals surface area contributed by atoms with Crippen molar-refractivity contribution in [1.82, 2.24) is 0 Å². The van der Waals surface area contributed by atoms with E-state index in [9.17, 15) is 9.59 Å². The summed E-state index contributed by atoms with van der Waals surface area (Å²) in [6, 6.07) is 14.4. The van der Waals surface area contributed by atoms with Crippen LogP contribution in [0.1, 0.15) is 39.0 Å². The molecule has 25 heavy (non-hydrogen) atoms. The Hall–Kier alpha value is -3.08. The average Bonchev–Trinajstić information content (AvgIpc) is 2.99. The molecule has 1 heterocycles. The molecule has 3 aromatic rings. The molecular weight excluding hydrogens is 320 g/mol. The molecule has 5 nitrogen and oxygen atoms in total. The van der Waals surface area contributed by atoms with Crippen LogP contribution in [0.5, 0.6) is 0 Å². The van der Waals surface area contributed by atoms with Crippen molar-refractivity contribution in [2.24, 2.45) is 0 Å². The summed E-state index contributed by atoms with van der Waals surface area (Å²) < 4.78 is 16.1. The molecule has 128 valence electrons. The van der Waals surface area contributed by atoms with Gasteiger partial charge >= 0.3 is 11.9 Å². The molecule has 0 spiro atoms. The minimum atomic E-state index is -0.569. The lowest BCUT2D eigenvalue weighted by atomic mass is 10.1. The quantitative estimate of drug-likeness (QED) is 0.650. The fraction of sp³-hybridized carbons (Fsp3) is 0.200. The highest BCUT2D eigenvalue weighted by Crippen LogP contribution is 2.27. The van der Waals surface area contributed by atoms with Gasteiger partial charge in [0.05, 0.1) is 17.7 Å².